The van der Waals surface area contributed by atoms with E-state index in [0.29, 0.717) is 16.9 Å². The van der Waals surface area contributed by atoms with Crippen LogP contribution in [0.3, 0.4) is 0 Å². The SMILES string of the molecule is Cc1[nH]n(-c2ccc(C#N)cc2)c(=O)c1N. The summed E-state index contributed by atoms with van der Waals surface area (Å²) in [6.45, 7) is 1.73. The van der Waals surface area contributed by atoms with E-state index in [4.69, 9.17) is 11.0 Å². The smallest absolute Gasteiger partial charge is 0.294 e. The normalized spacial score (nSPS) is 10.0. The molecule has 3 N–H and O–H groups in total. The molecule has 0 radical (unpaired) electrons. The Hall–Kier alpha value is -2.48. The van der Waals surface area contributed by atoms with E-state index in [-0.39, 0.29) is 11.2 Å². The van der Waals surface area contributed by atoms with Crippen molar-refractivity contribution in [2.24, 2.45) is 0 Å². The van der Waals surface area contributed by atoms with Crippen molar-refractivity contribution >= 4 is 5.69 Å². The predicted molar refractivity (Wildman–Crippen MR) is 60.3 cm³/mol. The number of aromatic nitrogens is 2. The summed E-state index contributed by atoms with van der Waals surface area (Å²) < 4.78 is 1.35. The Morgan fingerprint density at radius 3 is 2.44 bits per heavy atom. The first-order valence-electron chi connectivity index (χ1n) is 4.71. The third-order valence-electron chi connectivity index (χ3n) is 2.37. The number of rotatable bonds is 1. The first-order valence-corrected chi connectivity index (χ1v) is 4.71. The van der Waals surface area contributed by atoms with E-state index in [1.165, 1.54) is 4.68 Å². The lowest BCUT2D eigenvalue weighted by Crippen LogP contribution is -2.16. The van der Waals surface area contributed by atoms with Gasteiger partial charge < -0.3 is 5.73 Å². The van der Waals surface area contributed by atoms with Crippen LogP contribution in [0.15, 0.2) is 29.1 Å². The highest BCUT2D eigenvalue weighted by Crippen LogP contribution is 2.09. The second kappa shape index (κ2) is 3.59. The van der Waals surface area contributed by atoms with E-state index < -0.39 is 0 Å². The molecule has 0 fully saturated rings. The minimum Gasteiger partial charge on any atom is -0.393 e. The Balaban J connectivity index is 2.56. The molecule has 80 valence electrons. The largest absolute Gasteiger partial charge is 0.393 e. The van der Waals surface area contributed by atoms with Gasteiger partial charge in [-0.2, -0.15) is 5.26 Å². The molecule has 0 atom stereocenters. The minimum absolute atomic E-state index is 0.212. The molecule has 1 aromatic heterocycles. The van der Waals surface area contributed by atoms with E-state index in [0.717, 1.165) is 0 Å². The van der Waals surface area contributed by atoms with E-state index in [1.54, 1.807) is 31.2 Å². The maximum atomic E-state index is 11.7. The van der Waals surface area contributed by atoms with Crippen LogP contribution < -0.4 is 11.3 Å². The molecule has 0 bridgehead atoms. The molecule has 16 heavy (non-hydrogen) atoms. The number of nitrogens with one attached hydrogen (secondary N) is 1. The molecule has 0 aliphatic carbocycles. The summed E-state index contributed by atoms with van der Waals surface area (Å²) in [5.74, 6) is 0. The molecule has 1 aromatic carbocycles. The molecular weight excluding hydrogens is 204 g/mol. The quantitative estimate of drug-likeness (QED) is 0.740. The van der Waals surface area contributed by atoms with Crippen molar-refractivity contribution in [3.8, 4) is 11.8 Å². The van der Waals surface area contributed by atoms with Gasteiger partial charge in [0.15, 0.2) is 0 Å². The van der Waals surface area contributed by atoms with Crippen LogP contribution in [0.1, 0.15) is 11.3 Å². The summed E-state index contributed by atoms with van der Waals surface area (Å²) in [6.07, 6.45) is 0. The Labute approximate surface area is 91.7 Å². The molecule has 0 aliphatic heterocycles. The average Bonchev–Trinajstić information content (AvgIpc) is 2.57. The summed E-state index contributed by atoms with van der Waals surface area (Å²) in [6, 6.07) is 8.69. The molecule has 5 heteroatoms. The van der Waals surface area contributed by atoms with Crippen molar-refractivity contribution in [1.82, 2.24) is 9.78 Å². The molecule has 0 spiro atoms. The number of hydrogen-bond acceptors (Lipinski definition) is 3. The summed E-state index contributed by atoms with van der Waals surface area (Å²) in [5, 5.41) is 11.5. The molecule has 1 heterocycles. The van der Waals surface area contributed by atoms with Crippen molar-refractivity contribution in [1.29, 1.82) is 5.26 Å². The Bertz CT molecular complexity index is 613. The second-order valence-electron chi connectivity index (χ2n) is 3.45. The maximum absolute atomic E-state index is 11.7. The molecule has 0 unspecified atom stereocenters. The van der Waals surface area contributed by atoms with Crippen LogP contribution in [0.25, 0.3) is 5.69 Å². The third-order valence-corrected chi connectivity index (χ3v) is 2.37. The number of hydrogen-bond donors (Lipinski definition) is 2. The summed E-state index contributed by atoms with van der Waals surface area (Å²) >= 11 is 0. The number of aromatic amines is 1. The van der Waals surface area contributed by atoms with Crippen molar-refractivity contribution in [3.05, 3.63) is 45.9 Å². The zero-order valence-electron chi connectivity index (χ0n) is 8.69. The number of nitrogens with zero attached hydrogens (tertiary/aromatic N) is 2. The molecular formula is C11H10N4O. The molecule has 2 aromatic rings. The number of benzene rings is 1. The second-order valence-corrected chi connectivity index (χ2v) is 3.45. The molecule has 0 saturated carbocycles. The highest BCUT2D eigenvalue weighted by molar-refractivity contribution is 5.45. The first-order chi connectivity index (χ1) is 7.63. The van der Waals surface area contributed by atoms with Gasteiger partial charge in [0, 0.05) is 0 Å². The van der Waals surface area contributed by atoms with E-state index in [2.05, 4.69) is 5.10 Å². The van der Waals surface area contributed by atoms with Gasteiger partial charge in [0.05, 0.1) is 23.0 Å². The average molecular weight is 214 g/mol. The van der Waals surface area contributed by atoms with Crippen molar-refractivity contribution in [3.63, 3.8) is 0 Å². The van der Waals surface area contributed by atoms with E-state index >= 15 is 0 Å². The number of nitriles is 1. The van der Waals surface area contributed by atoms with Gasteiger partial charge in [-0.25, -0.2) is 4.68 Å². The summed E-state index contributed by atoms with van der Waals surface area (Å²) in [4.78, 5) is 11.7. The van der Waals surface area contributed by atoms with Gasteiger partial charge in [-0.1, -0.05) is 0 Å². The number of H-pyrrole nitrogens is 1. The predicted octanol–water partition coefficient (Wildman–Crippen LogP) is 0.928. The van der Waals surface area contributed by atoms with Gasteiger partial charge in [-0.3, -0.25) is 9.89 Å². The first kappa shape index (κ1) is 10.1. The fourth-order valence-corrected chi connectivity index (χ4v) is 1.43. The zero-order valence-corrected chi connectivity index (χ0v) is 8.69. The van der Waals surface area contributed by atoms with Crippen LogP contribution in [0.2, 0.25) is 0 Å². The summed E-state index contributed by atoms with van der Waals surface area (Å²) in [5.41, 5.74) is 7.35. The van der Waals surface area contributed by atoms with E-state index in [1.807, 2.05) is 6.07 Å². The molecule has 5 nitrogen and oxygen atoms in total. The molecule has 0 amide bonds. The number of nitrogens with two attached hydrogens (primary N) is 1. The zero-order chi connectivity index (χ0) is 11.7. The molecule has 2 rings (SSSR count). The number of aryl methyl sites for hydroxylation is 1. The van der Waals surface area contributed by atoms with Crippen LogP contribution in [-0.4, -0.2) is 9.78 Å². The number of anilines is 1. The molecule has 0 saturated heterocycles. The minimum atomic E-state index is -0.276. The topological polar surface area (TPSA) is 87.6 Å². The van der Waals surface area contributed by atoms with Gasteiger partial charge in [0.25, 0.3) is 5.56 Å². The fraction of sp³-hybridized carbons (Fsp3) is 0.0909. The van der Waals surface area contributed by atoms with Crippen molar-refractivity contribution in [2.45, 2.75) is 6.92 Å². The highest BCUT2D eigenvalue weighted by Gasteiger charge is 2.08. The Morgan fingerprint density at radius 1 is 1.38 bits per heavy atom. The van der Waals surface area contributed by atoms with Crippen molar-refractivity contribution in [2.75, 3.05) is 5.73 Å². The Morgan fingerprint density at radius 2 is 2.00 bits per heavy atom. The van der Waals surface area contributed by atoms with Gasteiger partial charge in [-0.15, -0.1) is 0 Å². The third kappa shape index (κ3) is 1.46. The lowest BCUT2D eigenvalue weighted by molar-refractivity contribution is 0.835. The maximum Gasteiger partial charge on any atom is 0.294 e. The highest BCUT2D eigenvalue weighted by atomic mass is 16.1. The monoisotopic (exact) mass is 214 g/mol. The van der Waals surface area contributed by atoms with E-state index in [9.17, 15) is 4.79 Å². The van der Waals surface area contributed by atoms with Gasteiger partial charge in [-0.05, 0) is 31.2 Å². The van der Waals surface area contributed by atoms with Gasteiger partial charge in [0.2, 0.25) is 0 Å². The number of nitrogen functional groups attached to an aromatic ring is 1. The van der Waals surface area contributed by atoms with Crippen LogP contribution in [-0.2, 0) is 0 Å². The van der Waals surface area contributed by atoms with Crippen LogP contribution in [0, 0.1) is 18.3 Å². The summed E-state index contributed by atoms with van der Waals surface area (Å²) in [7, 11) is 0. The van der Waals surface area contributed by atoms with Crippen LogP contribution in [0.5, 0.6) is 0 Å². The van der Waals surface area contributed by atoms with Crippen LogP contribution in [0.4, 0.5) is 5.69 Å². The van der Waals surface area contributed by atoms with Crippen LogP contribution >= 0.6 is 0 Å². The standard InChI is InChI=1S/C11H10N4O/c1-7-10(13)11(16)15(14-7)9-4-2-8(6-12)3-5-9/h2-5,14H,13H2,1H3. The van der Waals surface area contributed by atoms with Crippen molar-refractivity contribution < 1.29 is 0 Å². The Kier molecular flexibility index (Phi) is 2.25. The fourth-order valence-electron chi connectivity index (χ4n) is 1.43. The molecule has 0 aliphatic rings. The van der Waals surface area contributed by atoms with Gasteiger partial charge in [0.1, 0.15) is 5.69 Å². The van der Waals surface area contributed by atoms with Gasteiger partial charge >= 0.3 is 0 Å². The lowest BCUT2D eigenvalue weighted by Gasteiger charge is -2.00. The lowest BCUT2D eigenvalue weighted by atomic mass is 10.2.